The summed E-state index contributed by atoms with van der Waals surface area (Å²) in [5, 5.41) is 40.2. The van der Waals surface area contributed by atoms with Crippen LogP contribution in [0.4, 0.5) is 5.69 Å². The summed E-state index contributed by atoms with van der Waals surface area (Å²) in [7, 11) is 0. The van der Waals surface area contributed by atoms with Crippen LogP contribution in [-0.2, 0) is 40.0 Å². The fourth-order valence-corrected chi connectivity index (χ4v) is 5.99. The van der Waals surface area contributed by atoms with E-state index in [1.54, 1.807) is 43.9 Å². The predicted molar refractivity (Wildman–Crippen MR) is 173 cm³/mol. The number of imide groups is 1. The molecule has 2 heterocycles. The van der Waals surface area contributed by atoms with E-state index >= 15 is 0 Å². The van der Waals surface area contributed by atoms with Gasteiger partial charge in [-0.1, -0.05) is 12.1 Å². The number of benzene rings is 1. The first-order valence-corrected chi connectivity index (χ1v) is 15.9. The molecular formula is C30H42N6O11S. The maximum Gasteiger partial charge on any atom is 0.317 e. The number of carbonyl (C=O) groups excluding carboxylic acids is 3. The Morgan fingerprint density at radius 1 is 0.729 bits per heavy atom. The number of carboxylic acid groups (broad SMARTS) is 4. The third-order valence-electron chi connectivity index (χ3n) is 8.06. The number of hydrogen-bond acceptors (Lipinski definition) is 12. The lowest BCUT2D eigenvalue weighted by atomic mass is 10.0. The van der Waals surface area contributed by atoms with Gasteiger partial charge in [0.05, 0.1) is 31.4 Å². The highest BCUT2D eigenvalue weighted by molar-refractivity contribution is 7.81. The molecule has 2 saturated heterocycles. The first kappa shape index (κ1) is 38.3. The van der Waals surface area contributed by atoms with Crippen molar-refractivity contribution in [2.45, 2.75) is 30.6 Å². The molecule has 5 N–H and O–H groups in total. The van der Waals surface area contributed by atoms with Crippen molar-refractivity contribution in [3.63, 3.8) is 0 Å². The van der Waals surface area contributed by atoms with Crippen molar-refractivity contribution in [2.75, 3.05) is 83.9 Å². The van der Waals surface area contributed by atoms with Gasteiger partial charge in [-0.25, -0.2) is 0 Å². The van der Waals surface area contributed by atoms with E-state index in [0.717, 1.165) is 10.5 Å². The van der Waals surface area contributed by atoms with E-state index in [-0.39, 0.29) is 104 Å². The molecule has 0 aliphatic carbocycles. The third kappa shape index (κ3) is 12.8. The van der Waals surface area contributed by atoms with E-state index in [9.17, 15) is 54.0 Å². The highest BCUT2D eigenvalue weighted by Crippen LogP contribution is 2.19. The molecular weight excluding hydrogens is 652 g/mol. The fraction of sp³-hybridized carbons (Fsp3) is 0.567. The predicted octanol–water partition coefficient (Wildman–Crippen LogP) is -1.46. The van der Waals surface area contributed by atoms with Crippen LogP contribution in [0.3, 0.4) is 0 Å². The van der Waals surface area contributed by atoms with Crippen LogP contribution in [-0.4, -0.2) is 176 Å². The maximum atomic E-state index is 12.5. The van der Waals surface area contributed by atoms with Crippen LogP contribution in [0.5, 0.6) is 0 Å². The van der Waals surface area contributed by atoms with Gasteiger partial charge in [0.15, 0.2) is 0 Å². The molecule has 2 fully saturated rings. The lowest BCUT2D eigenvalue weighted by molar-refractivity contribution is -0.142. The highest BCUT2D eigenvalue weighted by Gasteiger charge is 2.36. The molecule has 3 amide bonds. The van der Waals surface area contributed by atoms with Gasteiger partial charge in [0.25, 0.3) is 0 Å². The Morgan fingerprint density at radius 2 is 1.23 bits per heavy atom. The molecule has 0 saturated carbocycles. The number of likely N-dealkylation sites (tertiary alicyclic amines) is 1. The van der Waals surface area contributed by atoms with E-state index in [0.29, 0.717) is 5.69 Å². The van der Waals surface area contributed by atoms with Crippen molar-refractivity contribution in [3.05, 3.63) is 29.8 Å². The van der Waals surface area contributed by atoms with Crippen LogP contribution in [0.25, 0.3) is 0 Å². The summed E-state index contributed by atoms with van der Waals surface area (Å²) in [5.74, 6) is -5.61. The Balaban J connectivity index is 1.78. The van der Waals surface area contributed by atoms with Crippen LogP contribution in [0, 0.1) is 0 Å². The van der Waals surface area contributed by atoms with Crippen molar-refractivity contribution >= 4 is 59.9 Å². The molecule has 0 radical (unpaired) electrons. The van der Waals surface area contributed by atoms with Crippen molar-refractivity contribution in [2.24, 2.45) is 0 Å². The van der Waals surface area contributed by atoms with Crippen LogP contribution >= 0.6 is 12.6 Å². The number of hydrogen-bond donors (Lipinski definition) is 6. The minimum atomic E-state index is -1.12. The number of rotatable bonds is 14. The zero-order chi connectivity index (χ0) is 35.4. The summed E-state index contributed by atoms with van der Waals surface area (Å²) in [6.07, 6.45) is 0.168. The van der Waals surface area contributed by atoms with Gasteiger partial charge in [-0.05, 0) is 24.1 Å². The molecule has 2 unspecified atom stereocenters. The minimum absolute atomic E-state index is 0.00621. The lowest BCUT2D eigenvalue weighted by Crippen LogP contribution is -2.53. The van der Waals surface area contributed by atoms with E-state index in [1.165, 1.54) is 0 Å². The van der Waals surface area contributed by atoms with Crippen molar-refractivity contribution in [3.8, 4) is 0 Å². The number of thiol groups is 1. The lowest BCUT2D eigenvalue weighted by Gasteiger charge is -2.37. The second kappa shape index (κ2) is 18.4. The Hall–Kier alpha value is -4.10. The summed E-state index contributed by atoms with van der Waals surface area (Å²) in [6.45, 7) is -0.232. The second-order valence-corrected chi connectivity index (χ2v) is 12.4. The van der Waals surface area contributed by atoms with Gasteiger partial charge >= 0.3 is 23.9 Å². The standard InChI is InChI=1S/C30H42N6O11S/c37-24(5-6-36-25(38)14-23(48)30(36)47)31-21-3-1-20(2-4-21)13-22-15-34(18-28(43)44)10-9-32(16-26(39)40)7-8-33(17-27(41)42)11-12-35(22)19-29(45)46/h1-4,22-23,48H,5-19H2,(H,31,37)(H,39,40)(H,41,42)(H,43,44)(H,45,46). The molecule has 264 valence electrons. The smallest absolute Gasteiger partial charge is 0.317 e. The molecule has 0 spiro atoms. The van der Waals surface area contributed by atoms with Crippen molar-refractivity contribution in [1.29, 1.82) is 0 Å². The van der Waals surface area contributed by atoms with Gasteiger partial charge in [-0.15, -0.1) is 0 Å². The zero-order valence-corrected chi connectivity index (χ0v) is 27.3. The number of carboxylic acids is 4. The SMILES string of the molecule is O=C(O)CN1CCN(CC(=O)O)CCN(CC(=O)O)C(Cc2ccc(NC(=O)CCN3C(=O)CC(S)C3=O)cc2)CN(CC(=O)O)CC1. The maximum absolute atomic E-state index is 12.5. The molecule has 18 heteroatoms. The number of nitrogens with zero attached hydrogens (tertiary/aromatic N) is 5. The molecule has 0 aromatic heterocycles. The van der Waals surface area contributed by atoms with Gasteiger partial charge in [-0.2, -0.15) is 12.6 Å². The van der Waals surface area contributed by atoms with Crippen LogP contribution in [0.15, 0.2) is 24.3 Å². The Bertz CT molecular complexity index is 1350. The van der Waals surface area contributed by atoms with E-state index in [2.05, 4.69) is 17.9 Å². The third-order valence-corrected chi connectivity index (χ3v) is 8.46. The first-order chi connectivity index (χ1) is 22.7. The van der Waals surface area contributed by atoms with Crippen LogP contribution in [0.1, 0.15) is 18.4 Å². The quantitative estimate of drug-likeness (QED) is 0.0967. The normalized spacial score (nSPS) is 21.0. The summed E-state index contributed by atoms with van der Waals surface area (Å²) >= 11 is 4.07. The zero-order valence-electron chi connectivity index (χ0n) is 26.4. The summed E-state index contributed by atoms with van der Waals surface area (Å²) in [4.78, 5) is 90.8. The molecule has 1 aromatic rings. The number of aliphatic carboxylic acids is 4. The number of carbonyl (C=O) groups is 7. The van der Waals surface area contributed by atoms with Gasteiger partial charge < -0.3 is 25.7 Å². The molecule has 2 atom stereocenters. The van der Waals surface area contributed by atoms with Gasteiger partial charge in [0, 0.05) is 76.9 Å². The molecule has 2 aliphatic heterocycles. The second-order valence-electron chi connectivity index (χ2n) is 11.8. The van der Waals surface area contributed by atoms with E-state index in [1.807, 2.05) is 0 Å². The Labute approximate surface area is 282 Å². The number of nitrogens with one attached hydrogen (secondary N) is 1. The molecule has 3 rings (SSSR count). The molecule has 0 bridgehead atoms. The summed E-state index contributed by atoms with van der Waals surface area (Å²) in [6, 6.07) is 6.22. The van der Waals surface area contributed by atoms with Gasteiger partial charge in [-0.3, -0.25) is 58.1 Å². The van der Waals surface area contributed by atoms with E-state index < -0.39 is 47.0 Å². The largest absolute Gasteiger partial charge is 0.480 e. The number of amides is 3. The topological polar surface area (TPSA) is 229 Å². The van der Waals surface area contributed by atoms with Crippen LogP contribution < -0.4 is 5.32 Å². The molecule has 1 aromatic carbocycles. The monoisotopic (exact) mass is 694 g/mol. The average Bonchev–Trinajstić information content (AvgIpc) is 3.23. The minimum Gasteiger partial charge on any atom is -0.480 e. The van der Waals surface area contributed by atoms with Gasteiger partial charge in [0.2, 0.25) is 17.7 Å². The van der Waals surface area contributed by atoms with E-state index in [4.69, 9.17) is 0 Å². The van der Waals surface area contributed by atoms with Gasteiger partial charge in [0.1, 0.15) is 0 Å². The summed E-state index contributed by atoms with van der Waals surface area (Å²) in [5.41, 5.74) is 1.20. The van der Waals surface area contributed by atoms with Crippen molar-refractivity contribution in [1.82, 2.24) is 24.5 Å². The Kier molecular flexibility index (Phi) is 14.7. The van der Waals surface area contributed by atoms with Crippen molar-refractivity contribution < 1.29 is 54.0 Å². The highest BCUT2D eigenvalue weighted by atomic mass is 32.1. The molecule has 48 heavy (non-hydrogen) atoms. The molecule has 2 aliphatic rings. The van der Waals surface area contributed by atoms with Crippen LogP contribution in [0.2, 0.25) is 0 Å². The Morgan fingerprint density at radius 3 is 1.73 bits per heavy atom. The fourth-order valence-electron chi connectivity index (χ4n) is 5.69. The first-order valence-electron chi connectivity index (χ1n) is 15.4. The number of anilines is 1. The molecule has 17 nitrogen and oxygen atoms in total. The summed E-state index contributed by atoms with van der Waals surface area (Å²) < 4.78 is 0. The average molecular weight is 695 g/mol.